The second kappa shape index (κ2) is 8.76. The molecule has 29 heavy (non-hydrogen) atoms. The molecule has 4 rings (SSSR count). The fraction of sp³-hybridized carbons (Fsp3) is 0.318. The minimum Gasteiger partial charge on any atom is -0.338 e. The number of carbonyl (C=O) groups is 1. The zero-order chi connectivity index (χ0) is 20.2. The zero-order valence-electron chi connectivity index (χ0n) is 16.3. The van der Waals surface area contributed by atoms with E-state index in [2.05, 4.69) is 20.4 Å². The van der Waals surface area contributed by atoms with E-state index in [4.69, 9.17) is 16.1 Å². The average molecular weight is 411 g/mol. The molecule has 1 fully saturated rings. The molecule has 1 atom stereocenters. The molecule has 1 N–H and O–H groups in total. The van der Waals surface area contributed by atoms with Crippen molar-refractivity contribution in [1.29, 1.82) is 0 Å². The summed E-state index contributed by atoms with van der Waals surface area (Å²) in [5, 5.41) is 7.76. The summed E-state index contributed by atoms with van der Waals surface area (Å²) in [4.78, 5) is 19.4. The molecule has 1 aromatic heterocycles. The van der Waals surface area contributed by atoms with E-state index in [1.807, 2.05) is 55.5 Å². The van der Waals surface area contributed by atoms with Crippen LogP contribution in [0.4, 0.5) is 5.69 Å². The van der Waals surface area contributed by atoms with Crippen molar-refractivity contribution in [1.82, 2.24) is 15.0 Å². The molecule has 2 heterocycles. The number of nitrogens with one attached hydrogen (secondary N) is 1. The number of amides is 1. The Kier molecular flexibility index (Phi) is 5.92. The van der Waals surface area contributed by atoms with Crippen molar-refractivity contribution in [2.24, 2.45) is 5.92 Å². The van der Waals surface area contributed by atoms with E-state index in [1.165, 1.54) is 0 Å². The molecule has 1 aliphatic rings. The van der Waals surface area contributed by atoms with Gasteiger partial charge in [0, 0.05) is 22.8 Å². The van der Waals surface area contributed by atoms with Gasteiger partial charge in [-0.3, -0.25) is 9.69 Å². The SMILES string of the molecule is Cc1ccccc1NC(=O)C1CCCN(Cc2nc(-c3cccc(Cl)c3)no2)C1. The highest BCUT2D eigenvalue weighted by molar-refractivity contribution is 6.30. The summed E-state index contributed by atoms with van der Waals surface area (Å²) in [5.41, 5.74) is 2.76. The van der Waals surface area contributed by atoms with Crippen LogP contribution in [-0.2, 0) is 11.3 Å². The number of aromatic nitrogens is 2. The van der Waals surface area contributed by atoms with Gasteiger partial charge in [0.05, 0.1) is 12.5 Å². The number of hydrogen-bond donors (Lipinski definition) is 1. The summed E-state index contributed by atoms with van der Waals surface area (Å²) < 4.78 is 5.42. The fourth-order valence-corrected chi connectivity index (χ4v) is 3.81. The topological polar surface area (TPSA) is 71.3 Å². The molecule has 0 spiro atoms. The van der Waals surface area contributed by atoms with E-state index < -0.39 is 0 Å². The quantitative estimate of drug-likeness (QED) is 0.668. The summed E-state index contributed by atoms with van der Waals surface area (Å²) in [6.07, 6.45) is 1.84. The molecule has 2 aromatic carbocycles. The molecule has 1 saturated heterocycles. The van der Waals surface area contributed by atoms with Crippen LogP contribution >= 0.6 is 11.6 Å². The maximum Gasteiger partial charge on any atom is 0.241 e. The molecule has 0 aliphatic carbocycles. The van der Waals surface area contributed by atoms with Gasteiger partial charge in [-0.2, -0.15) is 4.98 Å². The number of benzene rings is 2. The Hall–Kier alpha value is -2.70. The maximum atomic E-state index is 12.7. The predicted molar refractivity (Wildman–Crippen MR) is 113 cm³/mol. The fourth-order valence-electron chi connectivity index (χ4n) is 3.62. The van der Waals surface area contributed by atoms with E-state index in [9.17, 15) is 4.79 Å². The zero-order valence-corrected chi connectivity index (χ0v) is 17.0. The van der Waals surface area contributed by atoms with Crippen molar-refractivity contribution in [3.63, 3.8) is 0 Å². The van der Waals surface area contributed by atoms with Crippen LogP contribution in [0.2, 0.25) is 5.02 Å². The molecule has 1 aliphatic heterocycles. The third-order valence-electron chi connectivity index (χ3n) is 5.19. The Labute approximate surface area is 174 Å². The lowest BCUT2D eigenvalue weighted by Gasteiger charge is -2.31. The molecule has 7 heteroatoms. The predicted octanol–water partition coefficient (Wildman–Crippen LogP) is 4.55. The van der Waals surface area contributed by atoms with Crippen LogP contribution in [-0.4, -0.2) is 34.0 Å². The number of nitrogens with zero attached hydrogens (tertiary/aromatic N) is 3. The number of halogens is 1. The van der Waals surface area contributed by atoms with Gasteiger partial charge < -0.3 is 9.84 Å². The second-order valence-electron chi connectivity index (χ2n) is 7.40. The van der Waals surface area contributed by atoms with E-state index in [-0.39, 0.29) is 11.8 Å². The average Bonchev–Trinajstić information content (AvgIpc) is 3.18. The first-order valence-corrected chi connectivity index (χ1v) is 10.1. The summed E-state index contributed by atoms with van der Waals surface area (Å²) in [7, 11) is 0. The highest BCUT2D eigenvalue weighted by Gasteiger charge is 2.27. The number of para-hydroxylation sites is 1. The van der Waals surface area contributed by atoms with Gasteiger partial charge in [0.25, 0.3) is 0 Å². The largest absolute Gasteiger partial charge is 0.338 e. The van der Waals surface area contributed by atoms with E-state index in [0.29, 0.717) is 29.8 Å². The molecule has 0 radical (unpaired) electrons. The highest BCUT2D eigenvalue weighted by atomic mass is 35.5. The first kappa shape index (κ1) is 19.6. The minimum absolute atomic E-state index is 0.0568. The Morgan fingerprint density at radius 1 is 1.28 bits per heavy atom. The summed E-state index contributed by atoms with van der Waals surface area (Å²) in [6.45, 7) is 4.10. The molecule has 0 saturated carbocycles. The van der Waals surface area contributed by atoms with Gasteiger partial charge in [-0.05, 0) is 50.1 Å². The molecule has 150 valence electrons. The van der Waals surface area contributed by atoms with E-state index in [1.54, 1.807) is 0 Å². The van der Waals surface area contributed by atoms with Gasteiger partial charge in [-0.1, -0.05) is 47.1 Å². The van der Waals surface area contributed by atoms with Crippen LogP contribution in [0.1, 0.15) is 24.3 Å². The van der Waals surface area contributed by atoms with Crippen LogP contribution < -0.4 is 5.32 Å². The first-order chi connectivity index (χ1) is 14.1. The summed E-state index contributed by atoms with van der Waals surface area (Å²) in [6, 6.07) is 15.2. The lowest BCUT2D eigenvalue weighted by Crippen LogP contribution is -2.40. The minimum atomic E-state index is -0.0568. The summed E-state index contributed by atoms with van der Waals surface area (Å²) >= 11 is 6.04. The second-order valence-corrected chi connectivity index (χ2v) is 7.84. The Bertz CT molecular complexity index is 1000. The lowest BCUT2D eigenvalue weighted by molar-refractivity contribution is -0.121. The van der Waals surface area contributed by atoms with Gasteiger partial charge in [-0.15, -0.1) is 0 Å². The molecule has 6 nitrogen and oxygen atoms in total. The molecule has 0 bridgehead atoms. The van der Waals surface area contributed by atoms with E-state index >= 15 is 0 Å². The maximum absolute atomic E-state index is 12.7. The number of anilines is 1. The Morgan fingerprint density at radius 2 is 2.14 bits per heavy atom. The van der Waals surface area contributed by atoms with Crippen molar-refractivity contribution in [3.8, 4) is 11.4 Å². The van der Waals surface area contributed by atoms with Crippen LogP contribution in [0.3, 0.4) is 0 Å². The van der Waals surface area contributed by atoms with Crippen molar-refractivity contribution in [2.45, 2.75) is 26.3 Å². The standard InChI is InChI=1S/C22H23ClN4O2/c1-15-6-2-3-10-19(15)24-22(28)17-8-5-11-27(13-17)14-20-25-21(26-29-20)16-7-4-9-18(23)12-16/h2-4,6-7,9-10,12,17H,5,8,11,13-14H2,1H3,(H,24,28). The molecule has 1 unspecified atom stereocenters. The van der Waals surface area contributed by atoms with Crippen LogP contribution in [0.5, 0.6) is 0 Å². The Morgan fingerprint density at radius 3 is 2.97 bits per heavy atom. The molecular weight excluding hydrogens is 388 g/mol. The van der Waals surface area contributed by atoms with Crippen molar-refractivity contribution in [3.05, 3.63) is 65.0 Å². The van der Waals surface area contributed by atoms with Crippen LogP contribution in [0.25, 0.3) is 11.4 Å². The number of piperidine rings is 1. The lowest BCUT2D eigenvalue weighted by atomic mass is 9.97. The van der Waals surface area contributed by atoms with Crippen molar-refractivity contribution < 1.29 is 9.32 Å². The smallest absolute Gasteiger partial charge is 0.241 e. The van der Waals surface area contributed by atoms with Crippen LogP contribution in [0.15, 0.2) is 53.1 Å². The molecular formula is C22H23ClN4O2. The van der Waals surface area contributed by atoms with Gasteiger partial charge in [0.15, 0.2) is 0 Å². The molecule has 1 amide bonds. The number of hydrogen-bond acceptors (Lipinski definition) is 5. The van der Waals surface area contributed by atoms with Gasteiger partial charge in [0.2, 0.25) is 17.6 Å². The highest BCUT2D eigenvalue weighted by Crippen LogP contribution is 2.23. The van der Waals surface area contributed by atoms with Crippen molar-refractivity contribution in [2.75, 3.05) is 18.4 Å². The monoisotopic (exact) mass is 410 g/mol. The number of carbonyl (C=O) groups excluding carboxylic acids is 1. The van der Waals surface area contributed by atoms with Gasteiger partial charge in [-0.25, -0.2) is 0 Å². The Balaban J connectivity index is 1.38. The number of likely N-dealkylation sites (tertiary alicyclic amines) is 1. The van der Waals surface area contributed by atoms with Gasteiger partial charge >= 0.3 is 0 Å². The first-order valence-electron chi connectivity index (χ1n) is 9.76. The summed E-state index contributed by atoms with van der Waals surface area (Å²) in [5.74, 6) is 1.07. The number of rotatable bonds is 5. The number of aryl methyl sites for hydroxylation is 1. The molecule has 3 aromatic rings. The van der Waals surface area contributed by atoms with E-state index in [0.717, 1.165) is 36.2 Å². The third-order valence-corrected chi connectivity index (χ3v) is 5.42. The van der Waals surface area contributed by atoms with Crippen molar-refractivity contribution >= 4 is 23.2 Å². The normalized spacial score (nSPS) is 17.2. The third kappa shape index (κ3) is 4.83. The van der Waals surface area contributed by atoms with Crippen LogP contribution in [0, 0.1) is 12.8 Å². The van der Waals surface area contributed by atoms with Gasteiger partial charge in [0.1, 0.15) is 0 Å².